The quantitative estimate of drug-likeness (QED) is 0.655. The topological polar surface area (TPSA) is 119 Å². The minimum atomic E-state index is -0.593. The molecule has 0 radical (unpaired) electrons. The van der Waals surface area contributed by atoms with Gasteiger partial charge in [0.2, 0.25) is 11.8 Å². The first-order chi connectivity index (χ1) is 11.9. The van der Waals surface area contributed by atoms with Crippen molar-refractivity contribution in [3.8, 4) is 0 Å². The first-order valence-electron chi connectivity index (χ1n) is 7.48. The summed E-state index contributed by atoms with van der Waals surface area (Å²) in [6.45, 7) is 0.738. The number of carbonyl (C=O) groups is 3. The lowest BCUT2D eigenvalue weighted by Gasteiger charge is -2.11. The molecule has 0 fully saturated rings. The van der Waals surface area contributed by atoms with E-state index in [1.165, 1.54) is 11.7 Å². The van der Waals surface area contributed by atoms with Crippen molar-refractivity contribution in [1.82, 2.24) is 20.2 Å². The molecule has 0 aliphatic rings. The summed E-state index contributed by atoms with van der Waals surface area (Å²) in [5.41, 5.74) is 1.04. The average molecular weight is 346 g/mol. The normalized spacial score (nSPS) is 10.3. The van der Waals surface area contributed by atoms with Crippen LogP contribution in [0.3, 0.4) is 0 Å². The lowest BCUT2D eigenvalue weighted by atomic mass is 10.2. The van der Waals surface area contributed by atoms with Crippen LogP contribution in [0.4, 0.5) is 0 Å². The van der Waals surface area contributed by atoms with Crippen LogP contribution in [0.2, 0.25) is 0 Å². The van der Waals surface area contributed by atoms with Gasteiger partial charge in [-0.25, -0.2) is 4.98 Å². The van der Waals surface area contributed by atoms with Crippen molar-refractivity contribution in [3.05, 3.63) is 40.3 Å². The van der Waals surface area contributed by atoms with Gasteiger partial charge in [-0.1, -0.05) is 12.1 Å². The van der Waals surface area contributed by atoms with Crippen molar-refractivity contribution in [3.63, 3.8) is 0 Å². The zero-order chi connectivity index (χ0) is 18.4. The van der Waals surface area contributed by atoms with Crippen LogP contribution < -0.4 is 16.2 Å². The van der Waals surface area contributed by atoms with Gasteiger partial charge in [0.25, 0.3) is 5.56 Å². The van der Waals surface area contributed by atoms with Crippen LogP contribution in [0.15, 0.2) is 29.1 Å². The second kappa shape index (κ2) is 8.04. The summed E-state index contributed by atoms with van der Waals surface area (Å²) in [4.78, 5) is 51.0. The van der Waals surface area contributed by atoms with Crippen LogP contribution in [-0.2, 0) is 25.7 Å². The molecule has 2 rings (SSSR count). The molecule has 9 nitrogen and oxygen atoms in total. The molecule has 1 heterocycles. The number of hydrogen-bond donors (Lipinski definition) is 2. The number of fused-ring (bicyclic) bond motifs is 1. The Bertz CT molecular complexity index is 874. The van der Waals surface area contributed by atoms with Crippen molar-refractivity contribution >= 4 is 28.8 Å². The third-order valence-electron chi connectivity index (χ3n) is 3.42. The highest BCUT2D eigenvalue weighted by molar-refractivity contribution is 5.87. The van der Waals surface area contributed by atoms with E-state index in [4.69, 9.17) is 0 Å². The van der Waals surface area contributed by atoms with Crippen molar-refractivity contribution in [2.24, 2.45) is 0 Å². The van der Waals surface area contributed by atoms with Crippen LogP contribution in [0, 0.1) is 6.92 Å². The van der Waals surface area contributed by atoms with E-state index >= 15 is 0 Å². The van der Waals surface area contributed by atoms with Crippen LogP contribution in [0.5, 0.6) is 0 Å². The third-order valence-corrected chi connectivity index (χ3v) is 3.42. The molecule has 1 aromatic carbocycles. The minimum Gasteiger partial charge on any atom is -0.468 e. The largest absolute Gasteiger partial charge is 0.468 e. The molecule has 0 aliphatic heterocycles. The van der Waals surface area contributed by atoms with Crippen LogP contribution in [0.25, 0.3) is 11.0 Å². The molecular weight excluding hydrogens is 328 g/mol. The summed E-state index contributed by atoms with van der Waals surface area (Å²) in [5, 5.41) is 4.70. The second-order valence-electron chi connectivity index (χ2n) is 5.21. The second-order valence-corrected chi connectivity index (χ2v) is 5.21. The SMILES string of the molecule is COC(=O)CNC(=O)CNC(=O)Cn1c(=O)c(C)nc2ccccc21. The van der Waals surface area contributed by atoms with Crippen molar-refractivity contribution < 1.29 is 19.1 Å². The zero-order valence-corrected chi connectivity index (χ0v) is 13.9. The minimum absolute atomic E-state index is 0.243. The summed E-state index contributed by atoms with van der Waals surface area (Å²) >= 11 is 0. The van der Waals surface area contributed by atoms with Gasteiger partial charge in [0.15, 0.2) is 0 Å². The molecule has 1 aromatic heterocycles. The number of nitrogens with one attached hydrogen (secondary N) is 2. The fourth-order valence-electron chi connectivity index (χ4n) is 2.16. The van der Waals surface area contributed by atoms with E-state index in [-0.39, 0.29) is 30.9 Å². The molecular formula is C16H18N4O5. The number of benzene rings is 1. The number of hydrogen-bond acceptors (Lipinski definition) is 6. The van der Waals surface area contributed by atoms with E-state index < -0.39 is 17.8 Å². The molecule has 9 heteroatoms. The monoisotopic (exact) mass is 346 g/mol. The zero-order valence-electron chi connectivity index (χ0n) is 13.9. The molecule has 0 unspecified atom stereocenters. The lowest BCUT2D eigenvalue weighted by Crippen LogP contribution is -2.41. The van der Waals surface area contributed by atoms with Crippen LogP contribution in [0.1, 0.15) is 5.69 Å². The van der Waals surface area contributed by atoms with Gasteiger partial charge in [0.1, 0.15) is 18.8 Å². The Morgan fingerprint density at radius 2 is 1.80 bits per heavy atom. The number of rotatable bonds is 6. The van der Waals surface area contributed by atoms with E-state index in [2.05, 4.69) is 20.4 Å². The fourth-order valence-corrected chi connectivity index (χ4v) is 2.16. The summed E-state index contributed by atoms with van der Waals surface area (Å²) in [6, 6.07) is 6.97. The number of para-hydroxylation sites is 2. The van der Waals surface area contributed by atoms with E-state index in [9.17, 15) is 19.2 Å². The van der Waals surface area contributed by atoms with E-state index in [0.29, 0.717) is 11.0 Å². The Morgan fingerprint density at radius 3 is 2.52 bits per heavy atom. The van der Waals surface area contributed by atoms with Crippen molar-refractivity contribution in [2.45, 2.75) is 13.5 Å². The number of nitrogens with zero attached hydrogens (tertiary/aromatic N) is 2. The molecule has 132 valence electrons. The van der Waals surface area contributed by atoms with Crippen LogP contribution in [-0.4, -0.2) is 47.5 Å². The molecule has 0 saturated heterocycles. The molecule has 2 aromatic rings. The highest BCUT2D eigenvalue weighted by Gasteiger charge is 2.12. The van der Waals surface area contributed by atoms with E-state index in [1.54, 1.807) is 31.2 Å². The van der Waals surface area contributed by atoms with Gasteiger partial charge in [0.05, 0.1) is 24.7 Å². The Balaban J connectivity index is 2.03. The van der Waals surface area contributed by atoms with Crippen molar-refractivity contribution in [2.75, 3.05) is 20.2 Å². The lowest BCUT2D eigenvalue weighted by molar-refractivity contribution is -0.141. The predicted molar refractivity (Wildman–Crippen MR) is 88.8 cm³/mol. The molecule has 25 heavy (non-hydrogen) atoms. The summed E-state index contributed by atoms with van der Waals surface area (Å²) in [7, 11) is 1.20. The number of carbonyl (C=O) groups excluding carboxylic acids is 3. The molecule has 2 N–H and O–H groups in total. The number of esters is 1. The Kier molecular flexibility index (Phi) is 5.83. The van der Waals surface area contributed by atoms with Gasteiger partial charge >= 0.3 is 5.97 Å². The standard InChI is InChI=1S/C16H18N4O5/c1-10-16(24)20(12-6-4-3-5-11(12)19-10)9-14(22)17-7-13(21)18-8-15(23)25-2/h3-6H,7-9H2,1-2H3,(H,17,22)(H,18,21). The highest BCUT2D eigenvalue weighted by atomic mass is 16.5. The highest BCUT2D eigenvalue weighted by Crippen LogP contribution is 2.09. The van der Waals surface area contributed by atoms with Gasteiger partial charge in [-0.2, -0.15) is 0 Å². The van der Waals surface area contributed by atoms with Gasteiger partial charge in [-0.05, 0) is 19.1 Å². The number of methoxy groups -OCH3 is 1. The molecule has 0 aliphatic carbocycles. The van der Waals surface area contributed by atoms with Crippen molar-refractivity contribution in [1.29, 1.82) is 0 Å². The molecule has 2 amide bonds. The molecule has 0 saturated carbocycles. The molecule has 0 atom stereocenters. The predicted octanol–water partition coefficient (Wildman–Crippen LogP) is -0.890. The van der Waals surface area contributed by atoms with Gasteiger partial charge in [-0.15, -0.1) is 0 Å². The third kappa shape index (κ3) is 4.63. The van der Waals surface area contributed by atoms with Gasteiger partial charge < -0.3 is 15.4 Å². The smallest absolute Gasteiger partial charge is 0.325 e. The molecule has 0 spiro atoms. The maximum Gasteiger partial charge on any atom is 0.325 e. The number of amides is 2. The fraction of sp³-hybridized carbons (Fsp3) is 0.312. The first-order valence-corrected chi connectivity index (χ1v) is 7.48. The summed E-state index contributed by atoms with van der Waals surface area (Å²) in [6.07, 6.45) is 0. The summed E-state index contributed by atoms with van der Waals surface area (Å²) < 4.78 is 5.69. The Hall–Kier alpha value is -3.23. The summed E-state index contributed by atoms with van der Waals surface area (Å²) in [5.74, 6) is -1.64. The number of ether oxygens (including phenoxy) is 1. The maximum atomic E-state index is 12.3. The van der Waals surface area contributed by atoms with E-state index in [0.717, 1.165) is 0 Å². The Labute approximate surface area is 143 Å². The van der Waals surface area contributed by atoms with Gasteiger partial charge in [0, 0.05) is 0 Å². The van der Waals surface area contributed by atoms with E-state index in [1.807, 2.05) is 0 Å². The number of aromatic nitrogens is 2. The van der Waals surface area contributed by atoms with Crippen LogP contribution >= 0.6 is 0 Å². The maximum absolute atomic E-state index is 12.3. The Morgan fingerprint density at radius 1 is 1.12 bits per heavy atom. The average Bonchev–Trinajstić information content (AvgIpc) is 2.61. The van der Waals surface area contributed by atoms with Gasteiger partial charge in [-0.3, -0.25) is 23.7 Å². The molecule has 0 bridgehead atoms. The first kappa shape index (κ1) is 18.1. The number of aryl methyl sites for hydroxylation is 1.